The molecule has 0 saturated heterocycles. The molecule has 1 aromatic carbocycles. The molecule has 0 heterocycles. The molecule has 154 valence electrons. The predicted octanol–water partition coefficient (Wildman–Crippen LogP) is 6.71. The van der Waals surface area contributed by atoms with Gasteiger partial charge in [0.2, 0.25) is 0 Å². The lowest BCUT2D eigenvalue weighted by Crippen LogP contribution is -2.35. The van der Waals surface area contributed by atoms with E-state index in [-0.39, 0.29) is 16.8 Å². The fraction of sp³-hybridized carbons (Fsp3) is 0.650. The lowest BCUT2D eigenvalue weighted by molar-refractivity contribution is -0.138. The molecule has 2 nitrogen and oxygen atoms in total. The molecular formula is C20H28Br2F3NO. The van der Waals surface area contributed by atoms with E-state index in [1.165, 1.54) is 0 Å². The number of benzene rings is 1. The van der Waals surface area contributed by atoms with E-state index < -0.39 is 22.6 Å². The molecule has 0 unspecified atom stereocenters. The van der Waals surface area contributed by atoms with Crippen LogP contribution >= 0.6 is 31.9 Å². The summed E-state index contributed by atoms with van der Waals surface area (Å²) in [7, 11) is 0. The van der Waals surface area contributed by atoms with Crippen molar-refractivity contribution in [2.75, 3.05) is 28.6 Å². The Morgan fingerprint density at radius 3 is 1.70 bits per heavy atom. The summed E-state index contributed by atoms with van der Waals surface area (Å²) in [5.74, 6) is 0. The molecule has 0 bridgehead atoms. The van der Waals surface area contributed by atoms with Crippen molar-refractivity contribution >= 4 is 43.8 Å². The minimum absolute atomic E-state index is 0.0575. The fourth-order valence-electron chi connectivity index (χ4n) is 3.31. The second-order valence-electron chi connectivity index (χ2n) is 8.59. The van der Waals surface area contributed by atoms with Crippen LogP contribution in [-0.4, -0.2) is 30.0 Å². The minimum Gasteiger partial charge on any atom is -0.369 e. The normalized spacial score (nSPS) is 13.0. The van der Waals surface area contributed by atoms with E-state index >= 15 is 0 Å². The van der Waals surface area contributed by atoms with Crippen molar-refractivity contribution in [1.29, 1.82) is 0 Å². The Labute approximate surface area is 177 Å². The molecule has 0 radical (unpaired) electrons. The van der Waals surface area contributed by atoms with Gasteiger partial charge in [-0.05, 0) is 28.0 Å². The van der Waals surface area contributed by atoms with Crippen LogP contribution in [0.15, 0.2) is 6.07 Å². The summed E-state index contributed by atoms with van der Waals surface area (Å²) < 4.78 is 43.2. The van der Waals surface area contributed by atoms with Crippen molar-refractivity contribution in [2.45, 2.75) is 58.5 Å². The monoisotopic (exact) mass is 513 g/mol. The second-order valence-corrected chi connectivity index (χ2v) is 10.2. The Bertz CT molecular complexity index is 668. The summed E-state index contributed by atoms with van der Waals surface area (Å²) in [6.45, 7) is 11.6. The number of alkyl halides is 5. The van der Waals surface area contributed by atoms with Crippen LogP contribution in [0, 0.1) is 0 Å². The molecule has 0 N–H and O–H groups in total. The van der Waals surface area contributed by atoms with Gasteiger partial charge in [-0.2, -0.15) is 13.2 Å². The van der Waals surface area contributed by atoms with Crippen LogP contribution < -0.4 is 4.90 Å². The maximum absolute atomic E-state index is 14.4. The largest absolute Gasteiger partial charge is 0.418 e. The van der Waals surface area contributed by atoms with E-state index in [1.54, 1.807) is 31.7 Å². The molecule has 0 saturated carbocycles. The van der Waals surface area contributed by atoms with Gasteiger partial charge in [0.05, 0.1) is 11.3 Å². The van der Waals surface area contributed by atoms with E-state index in [0.29, 0.717) is 35.6 Å². The first kappa shape index (κ1) is 24.5. The molecule has 1 rings (SSSR count). The van der Waals surface area contributed by atoms with Crippen LogP contribution in [0.3, 0.4) is 0 Å². The van der Waals surface area contributed by atoms with Crippen LogP contribution in [0.1, 0.15) is 68.6 Å². The number of halogens is 5. The molecule has 0 atom stereocenters. The first-order chi connectivity index (χ1) is 12.2. The highest BCUT2D eigenvalue weighted by Gasteiger charge is 2.43. The van der Waals surface area contributed by atoms with Gasteiger partial charge in [0, 0.05) is 29.3 Å². The summed E-state index contributed by atoms with van der Waals surface area (Å²) >= 11 is 6.72. The maximum Gasteiger partial charge on any atom is 0.418 e. The molecule has 0 fully saturated rings. The summed E-state index contributed by atoms with van der Waals surface area (Å²) in [5.41, 5.74) is -1.19. The number of anilines is 1. The highest BCUT2D eigenvalue weighted by atomic mass is 79.9. The number of rotatable bonds is 6. The van der Waals surface area contributed by atoms with Crippen LogP contribution in [-0.2, 0) is 17.0 Å². The third-order valence-corrected chi connectivity index (χ3v) is 5.03. The Morgan fingerprint density at radius 1 is 0.926 bits per heavy atom. The van der Waals surface area contributed by atoms with Crippen molar-refractivity contribution in [3.63, 3.8) is 0 Å². The number of hydrogen-bond acceptors (Lipinski definition) is 2. The molecular weight excluding hydrogens is 487 g/mol. The second kappa shape index (κ2) is 8.85. The van der Waals surface area contributed by atoms with Gasteiger partial charge in [-0.15, -0.1) is 0 Å². The predicted molar refractivity (Wildman–Crippen MR) is 114 cm³/mol. The van der Waals surface area contributed by atoms with Gasteiger partial charge >= 0.3 is 6.18 Å². The topological polar surface area (TPSA) is 20.3 Å². The number of aldehydes is 1. The van der Waals surface area contributed by atoms with Crippen LogP contribution in [0.2, 0.25) is 0 Å². The highest BCUT2D eigenvalue weighted by Crippen LogP contribution is 2.48. The van der Waals surface area contributed by atoms with Gasteiger partial charge in [-0.1, -0.05) is 73.4 Å². The Balaban J connectivity index is 4.18. The molecule has 0 spiro atoms. The molecule has 7 heteroatoms. The Hall–Kier alpha value is -0.560. The average Bonchev–Trinajstić information content (AvgIpc) is 2.50. The molecule has 1 aromatic rings. The van der Waals surface area contributed by atoms with Gasteiger partial charge in [0.15, 0.2) is 0 Å². The molecule has 0 aromatic heterocycles. The van der Waals surface area contributed by atoms with Crippen LogP contribution in [0.5, 0.6) is 0 Å². The van der Waals surface area contributed by atoms with E-state index in [1.807, 2.05) is 20.8 Å². The van der Waals surface area contributed by atoms with Crippen LogP contribution in [0.4, 0.5) is 18.9 Å². The third-order valence-electron chi connectivity index (χ3n) is 4.32. The number of carbonyl (C=O) groups is 1. The molecule has 0 aliphatic heterocycles. The molecule has 27 heavy (non-hydrogen) atoms. The number of hydrogen-bond donors (Lipinski definition) is 0. The standard InChI is InChI=1S/C20H28Br2F3NO/c1-18(2,3)14-11-13(12-27)15(19(4,5)6)16(20(23,24)25)17(14)26(9-7-21)10-8-22/h11-12H,7-10H2,1-6H3. The fourth-order valence-corrected chi connectivity index (χ4v) is 4.17. The lowest BCUT2D eigenvalue weighted by atomic mass is 9.75. The Morgan fingerprint density at radius 2 is 1.41 bits per heavy atom. The average molecular weight is 515 g/mol. The number of nitrogens with zero attached hydrogens (tertiary/aromatic N) is 1. The zero-order valence-electron chi connectivity index (χ0n) is 16.7. The smallest absolute Gasteiger partial charge is 0.369 e. The first-order valence-corrected chi connectivity index (χ1v) is 11.1. The first-order valence-electron chi connectivity index (χ1n) is 8.81. The zero-order chi connectivity index (χ0) is 21.2. The van der Waals surface area contributed by atoms with Gasteiger partial charge < -0.3 is 4.90 Å². The van der Waals surface area contributed by atoms with E-state index in [4.69, 9.17) is 0 Å². The quantitative estimate of drug-likeness (QED) is 0.310. The summed E-state index contributed by atoms with van der Waals surface area (Å²) in [6.07, 6.45) is -4.03. The van der Waals surface area contributed by atoms with Crippen molar-refractivity contribution in [3.8, 4) is 0 Å². The zero-order valence-corrected chi connectivity index (χ0v) is 19.9. The summed E-state index contributed by atoms with van der Waals surface area (Å²) in [5, 5.41) is 1.09. The van der Waals surface area contributed by atoms with Crippen molar-refractivity contribution in [3.05, 3.63) is 28.3 Å². The van der Waals surface area contributed by atoms with E-state index in [2.05, 4.69) is 31.9 Å². The minimum atomic E-state index is -4.58. The maximum atomic E-state index is 14.4. The summed E-state index contributed by atoms with van der Waals surface area (Å²) in [4.78, 5) is 13.5. The SMILES string of the molecule is CC(C)(C)c1cc(C=O)c(C(C)(C)C)c(C(F)(F)F)c1N(CCBr)CCBr. The molecule has 0 aliphatic carbocycles. The lowest BCUT2D eigenvalue weighted by Gasteiger charge is -2.37. The van der Waals surface area contributed by atoms with Crippen molar-refractivity contribution in [2.24, 2.45) is 0 Å². The third kappa shape index (κ3) is 5.72. The molecule has 0 amide bonds. The van der Waals surface area contributed by atoms with Gasteiger partial charge in [0.25, 0.3) is 0 Å². The van der Waals surface area contributed by atoms with E-state index in [9.17, 15) is 18.0 Å². The van der Waals surface area contributed by atoms with Gasteiger partial charge in [-0.3, -0.25) is 4.79 Å². The van der Waals surface area contributed by atoms with Gasteiger partial charge in [0.1, 0.15) is 6.29 Å². The van der Waals surface area contributed by atoms with Crippen LogP contribution in [0.25, 0.3) is 0 Å². The van der Waals surface area contributed by atoms with Crippen molar-refractivity contribution in [1.82, 2.24) is 0 Å². The van der Waals surface area contributed by atoms with Gasteiger partial charge in [-0.25, -0.2) is 0 Å². The van der Waals surface area contributed by atoms with E-state index in [0.717, 1.165) is 0 Å². The molecule has 0 aliphatic rings. The number of carbonyl (C=O) groups excluding carboxylic acids is 1. The van der Waals surface area contributed by atoms with Crippen molar-refractivity contribution < 1.29 is 18.0 Å². The summed E-state index contributed by atoms with van der Waals surface area (Å²) in [6, 6.07) is 1.65. The Kier molecular flexibility index (Phi) is 8.02. The highest BCUT2D eigenvalue weighted by molar-refractivity contribution is 9.09.